The first-order valence-electron chi connectivity index (χ1n) is 12.1. The lowest BCUT2D eigenvalue weighted by molar-refractivity contribution is -0.226. The van der Waals surface area contributed by atoms with E-state index in [1.165, 1.54) is 38.5 Å². The molecule has 0 aromatic heterocycles. The van der Waals surface area contributed by atoms with Crippen molar-refractivity contribution in [3.05, 3.63) is 11.6 Å². The standard InChI is InChI=1S/C26H42O2/c1-6-17(3)23(27)22-16-21-20(12-11-19-10-8-9-14-24(19,21)4)26(28)15-13-18(7-2)25(22,26)5/h6,18-22,28H,7-16H2,1-5H3/b17-6+/t18-,19?,20+,21-,22?,24-,25-,26+/m0/s1. The zero-order valence-corrected chi connectivity index (χ0v) is 18.9. The van der Waals surface area contributed by atoms with E-state index in [1.807, 2.05) is 19.9 Å². The number of aliphatic hydroxyl groups is 1. The summed E-state index contributed by atoms with van der Waals surface area (Å²) < 4.78 is 0. The first-order chi connectivity index (χ1) is 13.2. The van der Waals surface area contributed by atoms with E-state index < -0.39 is 5.60 Å². The van der Waals surface area contributed by atoms with Crippen LogP contribution in [0.15, 0.2) is 11.6 Å². The monoisotopic (exact) mass is 386 g/mol. The molecule has 0 bridgehead atoms. The fraction of sp³-hybridized carbons (Fsp3) is 0.885. The third-order valence-electron chi connectivity index (χ3n) is 10.7. The molecule has 4 aliphatic carbocycles. The molecule has 2 unspecified atom stereocenters. The minimum Gasteiger partial charge on any atom is -0.389 e. The number of carbonyl (C=O) groups is 1. The van der Waals surface area contributed by atoms with Gasteiger partial charge in [-0.1, -0.05) is 46.1 Å². The van der Waals surface area contributed by atoms with Crippen LogP contribution in [0.2, 0.25) is 0 Å². The van der Waals surface area contributed by atoms with Gasteiger partial charge in [0.15, 0.2) is 5.78 Å². The summed E-state index contributed by atoms with van der Waals surface area (Å²) in [5, 5.41) is 12.4. The highest BCUT2D eigenvalue weighted by Gasteiger charge is 2.70. The van der Waals surface area contributed by atoms with Gasteiger partial charge >= 0.3 is 0 Å². The Bertz CT molecular complexity index is 665. The van der Waals surface area contributed by atoms with E-state index in [0.717, 1.165) is 37.2 Å². The molecular weight excluding hydrogens is 344 g/mol. The van der Waals surface area contributed by atoms with E-state index in [0.29, 0.717) is 29.0 Å². The summed E-state index contributed by atoms with van der Waals surface area (Å²) in [6.45, 7) is 11.1. The Kier molecular flexibility index (Phi) is 5.13. The largest absolute Gasteiger partial charge is 0.389 e. The van der Waals surface area contributed by atoms with Crippen LogP contribution in [0, 0.1) is 40.4 Å². The Morgan fingerprint density at radius 2 is 1.82 bits per heavy atom. The smallest absolute Gasteiger partial charge is 0.161 e. The van der Waals surface area contributed by atoms with Gasteiger partial charge in [-0.2, -0.15) is 0 Å². The highest BCUT2D eigenvalue weighted by atomic mass is 16.3. The second-order valence-electron chi connectivity index (χ2n) is 11.2. The van der Waals surface area contributed by atoms with Gasteiger partial charge in [-0.3, -0.25) is 4.79 Å². The number of ketones is 1. The van der Waals surface area contributed by atoms with Crippen LogP contribution in [0.4, 0.5) is 0 Å². The summed E-state index contributed by atoms with van der Waals surface area (Å²) in [5.74, 6) is 2.48. The molecule has 4 rings (SSSR count). The van der Waals surface area contributed by atoms with E-state index in [9.17, 15) is 9.90 Å². The van der Waals surface area contributed by atoms with E-state index in [-0.39, 0.29) is 11.3 Å². The van der Waals surface area contributed by atoms with E-state index in [2.05, 4.69) is 20.8 Å². The third-order valence-corrected chi connectivity index (χ3v) is 10.7. The van der Waals surface area contributed by atoms with Crippen LogP contribution in [0.25, 0.3) is 0 Å². The summed E-state index contributed by atoms with van der Waals surface area (Å²) in [6, 6.07) is 0. The van der Waals surface area contributed by atoms with Crippen molar-refractivity contribution in [2.24, 2.45) is 40.4 Å². The quantitative estimate of drug-likeness (QED) is 0.576. The fourth-order valence-corrected chi connectivity index (χ4v) is 8.85. The summed E-state index contributed by atoms with van der Waals surface area (Å²) in [6.07, 6.45) is 13.9. The van der Waals surface area contributed by atoms with Gasteiger partial charge in [0, 0.05) is 11.3 Å². The Morgan fingerprint density at radius 3 is 2.50 bits per heavy atom. The average Bonchev–Trinajstić information content (AvgIpc) is 2.97. The molecule has 8 atom stereocenters. The molecule has 0 aliphatic heterocycles. The Labute approximate surface area is 172 Å². The summed E-state index contributed by atoms with van der Waals surface area (Å²) in [7, 11) is 0. The molecule has 4 fully saturated rings. The second kappa shape index (κ2) is 6.96. The molecule has 0 aromatic carbocycles. The maximum absolute atomic E-state index is 13.6. The van der Waals surface area contributed by atoms with Gasteiger partial charge in [0.25, 0.3) is 0 Å². The summed E-state index contributed by atoms with van der Waals surface area (Å²) in [4.78, 5) is 13.6. The van der Waals surface area contributed by atoms with E-state index in [1.54, 1.807) is 0 Å². The topological polar surface area (TPSA) is 37.3 Å². The van der Waals surface area contributed by atoms with Crippen LogP contribution >= 0.6 is 0 Å². The minimum absolute atomic E-state index is 0.0140. The van der Waals surface area contributed by atoms with Crippen molar-refractivity contribution in [3.63, 3.8) is 0 Å². The van der Waals surface area contributed by atoms with Crippen LogP contribution in [0.5, 0.6) is 0 Å². The minimum atomic E-state index is -0.656. The lowest BCUT2D eigenvalue weighted by Gasteiger charge is -2.65. The SMILES string of the molecule is C/C=C(\C)C(=O)C1C[C@H]2[C@@H](CCC3CCCC[C@@]32C)[C@]2(O)CC[C@H](CC)[C@@]12C. The van der Waals surface area contributed by atoms with Crippen molar-refractivity contribution in [1.29, 1.82) is 0 Å². The molecule has 0 heterocycles. The number of Topliss-reactive ketones (excluding diaryl/α,β-unsaturated/α-hetero) is 1. The van der Waals surface area contributed by atoms with E-state index >= 15 is 0 Å². The molecular formula is C26H42O2. The maximum Gasteiger partial charge on any atom is 0.161 e. The highest BCUT2D eigenvalue weighted by Crippen LogP contribution is 2.71. The molecule has 2 nitrogen and oxygen atoms in total. The molecule has 0 amide bonds. The molecule has 0 spiro atoms. The van der Waals surface area contributed by atoms with Gasteiger partial charge in [0.2, 0.25) is 0 Å². The molecule has 1 N–H and O–H groups in total. The Morgan fingerprint density at radius 1 is 1.07 bits per heavy atom. The molecule has 0 aromatic rings. The van der Waals surface area contributed by atoms with Crippen LogP contribution in [0.3, 0.4) is 0 Å². The van der Waals surface area contributed by atoms with Crippen molar-refractivity contribution in [2.45, 2.75) is 104 Å². The van der Waals surface area contributed by atoms with Gasteiger partial charge in [-0.25, -0.2) is 0 Å². The van der Waals surface area contributed by atoms with Gasteiger partial charge in [0.1, 0.15) is 0 Å². The van der Waals surface area contributed by atoms with Gasteiger partial charge < -0.3 is 5.11 Å². The van der Waals surface area contributed by atoms with Gasteiger partial charge in [0.05, 0.1) is 5.60 Å². The van der Waals surface area contributed by atoms with Crippen molar-refractivity contribution in [2.75, 3.05) is 0 Å². The first-order valence-corrected chi connectivity index (χ1v) is 12.1. The highest BCUT2D eigenvalue weighted by molar-refractivity contribution is 5.97. The normalized spacial score (nSPS) is 51.2. The predicted molar refractivity (Wildman–Crippen MR) is 115 cm³/mol. The van der Waals surface area contributed by atoms with Gasteiger partial charge in [-0.05, 0) is 93.5 Å². The Balaban J connectivity index is 1.81. The molecule has 158 valence electrons. The molecule has 0 saturated heterocycles. The van der Waals surface area contributed by atoms with Crippen LogP contribution in [0.1, 0.15) is 98.8 Å². The number of hydrogen-bond donors (Lipinski definition) is 1. The van der Waals surface area contributed by atoms with Crippen molar-refractivity contribution in [3.8, 4) is 0 Å². The zero-order valence-electron chi connectivity index (χ0n) is 18.9. The van der Waals surface area contributed by atoms with Crippen molar-refractivity contribution >= 4 is 5.78 Å². The molecule has 4 saturated carbocycles. The number of carbonyl (C=O) groups excluding carboxylic acids is 1. The number of hydrogen-bond acceptors (Lipinski definition) is 2. The van der Waals surface area contributed by atoms with Crippen molar-refractivity contribution < 1.29 is 9.90 Å². The van der Waals surface area contributed by atoms with Crippen molar-refractivity contribution in [1.82, 2.24) is 0 Å². The maximum atomic E-state index is 13.6. The van der Waals surface area contributed by atoms with Crippen LogP contribution < -0.4 is 0 Å². The fourth-order valence-electron chi connectivity index (χ4n) is 8.85. The second-order valence-corrected chi connectivity index (χ2v) is 11.2. The first kappa shape index (κ1) is 20.6. The molecule has 28 heavy (non-hydrogen) atoms. The average molecular weight is 387 g/mol. The molecule has 0 radical (unpaired) electrons. The van der Waals surface area contributed by atoms with Gasteiger partial charge in [-0.15, -0.1) is 0 Å². The summed E-state index contributed by atoms with van der Waals surface area (Å²) in [5.41, 5.74) is 0.304. The lowest BCUT2D eigenvalue weighted by atomic mass is 9.40. The van der Waals surface area contributed by atoms with E-state index in [4.69, 9.17) is 0 Å². The third kappa shape index (κ3) is 2.52. The van der Waals surface area contributed by atoms with Crippen LogP contribution in [-0.4, -0.2) is 16.5 Å². The molecule has 2 heteroatoms. The Hall–Kier alpha value is -0.630. The number of rotatable bonds is 3. The lowest BCUT2D eigenvalue weighted by Crippen LogP contribution is -2.66. The number of allylic oxidation sites excluding steroid dienone is 2. The van der Waals surface area contributed by atoms with Crippen LogP contribution in [-0.2, 0) is 4.79 Å². The predicted octanol–water partition coefficient (Wildman–Crippen LogP) is 6.32. The summed E-state index contributed by atoms with van der Waals surface area (Å²) >= 11 is 0. The zero-order chi connectivity index (χ0) is 20.3. The number of fused-ring (bicyclic) bond motifs is 5. The molecule has 4 aliphatic rings.